The van der Waals surface area contributed by atoms with Crippen LogP contribution < -0.4 is 11.1 Å². The van der Waals surface area contributed by atoms with E-state index < -0.39 is 17.6 Å². The van der Waals surface area contributed by atoms with Crippen LogP contribution in [0.15, 0.2) is 28.7 Å². The molecule has 140 valence electrons. The fourth-order valence-corrected chi connectivity index (χ4v) is 6.58. The molecular formula is C20H25BrN2O3. The first-order valence-electron chi connectivity index (χ1n) is 9.32. The summed E-state index contributed by atoms with van der Waals surface area (Å²) >= 11 is 3.38. The molecule has 3 unspecified atom stereocenters. The van der Waals surface area contributed by atoms with Crippen molar-refractivity contribution in [1.29, 1.82) is 0 Å². The fraction of sp³-hybridized carbons (Fsp3) is 0.600. The Morgan fingerprint density at radius 1 is 1.27 bits per heavy atom. The molecule has 5 rings (SSSR count). The maximum atomic E-state index is 12.8. The summed E-state index contributed by atoms with van der Waals surface area (Å²) in [5, 5.41) is 13.7. The van der Waals surface area contributed by atoms with Crippen molar-refractivity contribution in [2.24, 2.45) is 23.0 Å². The molecule has 3 atom stereocenters. The number of nitrogens with two attached hydrogens (primary N) is 1. The van der Waals surface area contributed by atoms with Gasteiger partial charge in [-0.2, -0.15) is 0 Å². The Kier molecular flexibility index (Phi) is 4.39. The highest BCUT2D eigenvalue weighted by atomic mass is 79.9. The maximum Gasteiger partial charge on any atom is 0.244 e. The van der Waals surface area contributed by atoms with Crippen molar-refractivity contribution in [2.75, 3.05) is 0 Å². The average Bonchev–Trinajstić information content (AvgIpc) is 2.49. The van der Waals surface area contributed by atoms with Gasteiger partial charge >= 0.3 is 0 Å². The largest absolute Gasteiger partial charge is 0.390 e. The van der Waals surface area contributed by atoms with Crippen molar-refractivity contribution in [3.8, 4) is 0 Å². The molecular weight excluding hydrogens is 396 g/mol. The van der Waals surface area contributed by atoms with Gasteiger partial charge in [0, 0.05) is 10.9 Å². The Morgan fingerprint density at radius 2 is 1.96 bits per heavy atom. The average molecular weight is 421 g/mol. The number of hydrogen-bond donors (Lipinski definition) is 3. The highest BCUT2D eigenvalue weighted by Crippen LogP contribution is 2.62. The van der Waals surface area contributed by atoms with E-state index in [0.717, 1.165) is 30.2 Å². The third-order valence-corrected chi connectivity index (χ3v) is 6.95. The first kappa shape index (κ1) is 18.0. The standard InChI is InChI=1S/C20H25BrN2O3/c21-15-3-1-2-14(5-15)17(18(22)25)23-16(24)10-19-6-12-4-13(7-19)9-20(26,8-12)11-19/h1-3,5,12-13,17,26H,4,6-11H2,(H2,22,25)(H,23,24). The topological polar surface area (TPSA) is 92.4 Å². The molecule has 0 heterocycles. The van der Waals surface area contributed by atoms with Crippen LogP contribution in [-0.2, 0) is 9.59 Å². The van der Waals surface area contributed by atoms with Crippen molar-refractivity contribution in [3.05, 3.63) is 34.3 Å². The lowest BCUT2D eigenvalue weighted by Gasteiger charge is -2.60. The monoisotopic (exact) mass is 420 g/mol. The van der Waals surface area contributed by atoms with Crippen molar-refractivity contribution in [1.82, 2.24) is 5.32 Å². The van der Waals surface area contributed by atoms with Crippen LogP contribution in [-0.4, -0.2) is 22.5 Å². The number of aliphatic hydroxyl groups is 1. The quantitative estimate of drug-likeness (QED) is 0.683. The normalized spacial score (nSPS) is 35.9. The molecule has 26 heavy (non-hydrogen) atoms. The number of nitrogens with one attached hydrogen (secondary N) is 1. The lowest BCUT2D eigenvalue weighted by Crippen LogP contribution is -2.56. The van der Waals surface area contributed by atoms with E-state index in [1.807, 2.05) is 12.1 Å². The van der Waals surface area contributed by atoms with Crippen LogP contribution in [0.2, 0.25) is 0 Å². The number of carbonyl (C=O) groups excluding carboxylic acids is 2. The van der Waals surface area contributed by atoms with E-state index >= 15 is 0 Å². The zero-order valence-corrected chi connectivity index (χ0v) is 16.3. The number of benzene rings is 1. The molecule has 2 amide bonds. The number of primary amides is 1. The van der Waals surface area contributed by atoms with Gasteiger partial charge in [-0.3, -0.25) is 9.59 Å². The van der Waals surface area contributed by atoms with Gasteiger partial charge in [0.1, 0.15) is 6.04 Å². The van der Waals surface area contributed by atoms with Crippen LogP contribution in [0.4, 0.5) is 0 Å². The Hall–Kier alpha value is -1.40. The third kappa shape index (κ3) is 3.41. The molecule has 6 heteroatoms. The van der Waals surface area contributed by atoms with Crippen LogP contribution in [0.1, 0.15) is 56.6 Å². The molecule has 1 aromatic carbocycles. The summed E-state index contributed by atoms with van der Waals surface area (Å²) in [6.45, 7) is 0. The lowest BCUT2D eigenvalue weighted by atomic mass is 9.47. The zero-order valence-electron chi connectivity index (χ0n) is 14.7. The molecule has 4 bridgehead atoms. The molecule has 0 spiro atoms. The number of carbonyl (C=O) groups is 2. The molecule has 5 nitrogen and oxygen atoms in total. The molecule has 4 aliphatic carbocycles. The van der Waals surface area contributed by atoms with E-state index in [4.69, 9.17) is 5.73 Å². The van der Waals surface area contributed by atoms with Gasteiger partial charge in [0.25, 0.3) is 0 Å². The molecule has 4 fully saturated rings. The van der Waals surface area contributed by atoms with Crippen LogP contribution in [0.3, 0.4) is 0 Å². The number of halogens is 1. The van der Waals surface area contributed by atoms with Gasteiger partial charge in [-0.15, -0.1) is 0 Å². The summed E-state index contributed by atoms with van der Waals surface area (Å²) in [7, 11) is 0. The van der Waals surface area contributed by atoms with Gasteiger partial charge in [-0.1, -0.05) is 28.1 Å². The Labute approximate surface area is 161 Å². The number of amides is 2. The second-order valence-electron chi connectivity index (χ2n) is 8.82. The van der Waals surface area contributed by atoms with Gasteiger partial charge in [-0.05, 0) is 73.5 Å². The van der Waals surface area contributed by atoms with Gasteiger partial charge in [-0.25, -0.2) is 0 Å². The Bertz CT molecular complexity index is 736. The minimum Gasteiger partial charge on any atom is -0.390 e. The van der Waals surface area contributed by atoms with Gasteiger partial charge < -0.3 is 16.2 Å². The molecule has 0 aromatic heterocycles. The maximum absolute atomic E-state index is 12.8. The zero-order chi connectivity index (χ0) is 18.5. The lowest BCUT2D eigenvalue weighted by molar-refractivity contribution is -0.169. The summed E-state index contributed by atoms with van der Waals surface area (Å²) < 4.78 is 0.832. The van der Waals surface area contributed by atoms with Crippen LogP contribution in [0.5, 0.6) is 0 Å². The first-order valence-corrected chi connectivity index (χ1v) is 10.1. The fourth-order valence-electron chi connectivity index (χ4n) is 6.17. The first-order chi connectivity index (χ1) is 12.3. The summed E-state index contributed by atoms with van der Waals surface area (Å²) in [5.41, 5.74) is 5.50. The summed E-state index contributed by atoms with van der Waals surface area (Å²) in [4.78, 5) is 24.7. The van der Waals surface area contributed by atoms with E-state index in [2.05, 4.69) is 21.2 Å². The van der Waals surface area contributed by atoms with Gasteiger partial charge in [0.2, 0.25) is 11.8 Å². The SMILES string of the molecule is NC(=O)C(NC(=O)CC12CC3CC(CC(O)(C3)C1)C2)c1cccc(Br)c1. The minimum atomic E-state index is -0.836. The molecule has 1 aromatic rings. The third-order valence-electron chi connectivity index (χ3n) is 6.46. The van der Waals surface area contributed by atoms with E-state index in [1.165, 1.54) is 6.42 Å². The molecule has 4 aliphatic rings. The van der Waals surface area contributed by atoms with Crippen LogP contribution >= 0.6 is 15.9 Å². The van der Waals surface area contributed by atoms with Crippen molar-refractivity contribution < 1.29 is 14.7 Å². The second-order valence-corrected chi connectivity index (χ2v) is 9.74. The van der Waals surface area contributed by atoms with Gasteiger partial charge in [0.05, 0.1) is 5.60 Å². The van der Waals surface area contributed by atoms with E-state index in [9.17, 15) is 14.7 Å². The number of hydrogen-bond acceptors (Lipinski definition) is 3. The van der Waals surface area contributed by atoms with E-state index in [1.54, 1.807) is 12.1 Å². The van der Waals surface area contributed by atoms with Crippen molar-refractivity contribution in [2.45, 2.75) is 56.6 Å². The highest BCUT2D eigenvalue weighted by molar-refractivity contribution is 9.10. The number of rotatable bonds is 5. The van der Waals surface area contributed by atoms with Crippen molar-refractivity contribution >= 4 is 27.7 Å². The highest BCUT2D eigenvalue weighted by Gasteiger charge is 2.57. The smallest absolute Gasteiger partial charge is 0.244 e. The molecule has 0 radical (unpaired) electrons. The predicted molar refractivity (Wildman–Crippen MR) is 101 cm³/mol. The van der Waals surface area contributed by atoms with Crippen LogP contribution in [0, 0.1) is 17.3 Å². The van der Waals surface area contributed by atoms with E-state index in [-0.39, 0.29) is 11.3 Å². The Morgan fingerprint density at radius 3 is 2.54 bits per heavy atom. The second kappa shape index (κ2) is 6.34. The van der Waals surface area contributed by atoms with E-state index in [0.29, 0.717) is 30.2 Å². The predicted octanol–water partition coefficient (Wildman–Crippen LogP) is 2.81. The molecule has 0 saturated heterocycles. The molecule has 4 saturated carbocycles. The molecule has 0 aliphatic heterocycles. The van der Waals surface area contributed by atoms with Crippen LogP contribution in [0.25, 0.3) is 0 Å². The molecule has 4 N–H and O–H groups in total. The van der Waals surface area contributed by atoms with Gasteiger partial charge in [0.15, 0.2) is 0 Å². The summed E-state index contributed by atoms with van der Waals surface area (Å²) in [6, 6.07) is 6.42. The Balaban J connectivity index is 1.48. The summed E-state index contributed by atoms with van der Waals surface area (Å²) in [6.07, 6.45) is 6.05. The summed E-state index contributed by atoms with van der Waals surface area (Å²) in [5.74, 6) is 0.344. The van der Waals surface area contributed by atoms with Crippen molar-refractivity contribution in [3.63, 3.8) is 0 Å². The minimum absolute atomic E-state index is 0.123.